The summed E-state index contributed by atoms with van der Waals surface area (Å²) in [6.07, 6.45) is 6.40. The SMILES string of the molecule is CC(=O)NC(CC(=O)N1CCCC1CN1CCCCC1)c1ccc(C)cc1. The molecule has 0 aliphatic carbocycles. The van der Waals surface area contributed by atoms with E-state index in [-0.39, 0.29) is 17.9 Å². The van der Waals surface area contributed by atoms with E-state index in [1.807, 2.05) is 31.2 Å². The minimum atomic E-state index is -0.258. The van der Waals surface area contributed by atoms with Crippen LogP contribution in [0, 0.1) is 6.92 Å². The van der Waals surface area contributed by atoms with Crippen LogP contribution in [0.4, 0.5) is 0 Å². The number of amides is 2. The lowest BCUT2D eigenvalue weighted by Crippen LogP contribution is -2.45. The van der Waals surface area contributed by atoms with E-state index >= 15 is 0 Å². The third kappa shape index (κ3) is 5.55. The fraction of sp³-hybridized carbons (Fsp3) is 0.636. The molecule has 2 atom stereocenters. The number of nitrogens with zero attached hydrogens (tertiary/aromatic N) is 2. The number of likely N-dealkylation sites (tertiary alicyclic amines) is 2. The fourth-order valence-corrected chi connectivity index (χ4v) is 4.38. The monoisotopic (exact) mass is 371 g/mol. The van der Waals surface area contributed by atoms with Gasteiger partial charge >= 0.3 is 0 Å². The average Bonchev–Trinajstić information content (AvgIpc) is 3.10. The Balaban J connectivity index is 1.64. The highest BCUT2D eigenvalue weighted by Gasteiger charge is 2.32. The molecule has 1 aromatic rings. The quantitative estimate of drug-likeness (QED) is 0.836. The molecule has 2 heterocycles. The molecule has 0 radical (unpaired) electrons. The van der Waals surface area contributed by atoms with E-state index in [9.17, 15) is 9.59 Å². The lowest BCUT2D eigenvalue weighted by molar-refractivity contribution is -0.133. The normalized spacial score (nSPS) is 21.9. The van der Waals surface area contributed by atoms with Crippen LogP contribution in [-0.4, -0.2) is 53.8 Å². The zero-order valence-electron chi connectivity index (χ0n) is 16.7. The van der Waals surface area contributed by atoms with Crippen molar-refractivity contribution >= 4 is 11.8 Å². The van der Waals surface area contributed by atoms with Gasteiger partial charge in [-0.2, -0.15) is 0 Å². The van der Waals surface area contributed by atoms with Crippen molar-refractivity contribution in [2.24, 2.45) is 0 Å². The molecule has 2 amide bonds. The summed E-state index contributed by atoms with van der Waals surface area (Å²) in [5.41, 5.74) is 2.17. The number of carbonyl (C=O) groups excluding carboxylic acids is 2. The van der Waals surface area contributed by atoms with Gasteiger partial charge in [-0.25, -0.2) is 0 Å². The van der Waals surface area contributed by atoms with E-state index in [1.54, 1.807) is 0 Å². The maximum Gasteiger partial charge on any atom is 0.225 e. The molecule has 2 fully saturated rings. The molecular formula is C22H33N3O2. The summed E-state index contributed by atoms with van der Waals surface area (Å²) in [5.74, 6) is 0.0634. The first-order valence-corrected chi connectivity index (χ1v) is 10.4. The Hall–Kier alpha value is -1.88. The molecule has 148 valence electrons. The number of piperidine rings is 1. The number of aryl methyl sites for hydroxylation is 1. The van der Waals surface area contributed by atoms with Crippen LogP contribution in [0.25, 0.3) is 0 Å². The molecule has 2 aliphatic rings. The van der Waals surface area contributed by atoms with Crippen LogP contribution in [0.2, 0.25) is 0 Å². The van der Waals surface area contributed by atoms with Gasteiger partial charge in [-0.3, -0.25) is 9.59 Å². The highest BCUT2D eigenvalue weighted by molar-refractivity contribution is 5.79. The highest BCUT2D eigenvalue weighted by Crippen LogP contribution is 2.25. The van der Waals surface area contributed by atoms with Crippen molar-refractivity contribution in [2.75, 3.05) is 26.2 Å². The van der Waals surface area contributed by atoms with Crippen molar-refractivity contribution in [2.45, 2.75) is 64.5 Å². The average molecular weight is 372 g/mol. The third-order valence-electron chi connectivity index (χ3n) is 5.85. The van der Waals surface area contributed by atoms with Gasteiger partial charge in [0.15, 0.2) is 0 Å². The van der Waals surface area contributed by atoms with Gasteiger partial charge in [0, 0.05) is 26.1 Å². The first-order chi connectivity index (χ1) is 13.0. The van der Waals surface area contributed by atoms with Gasteiger partial charge in [-0.1, -0.05) is 36.2 Å². The number of hydrogen-bond acceptors (Lipinski definition) is 3. The first-order valence-electron chi connectivity index (χ1n) is 10.4. The molecule has 27 heavy (non-hydrogen) atoms. The second kappa shape index (κ2) is 9.36. The van der Waals surface area contributed by atoms with Crippen molar-refractivity contribution in [3.8, 4) is 0 Å². The van der Waals surface area contributed by atoms with E-state index in [0.29, 0.717) is 12.5 Å². The van der Waals surface area contributed by atoms with Crippen LogP contribution in [0.5, 0.6) is 0 Å². The molecule has 5 heteroatoms. The number of carbonyl (C=O) groups is 2. The summed E-state index contributed by atoms with van der Waals surface area (Å²) in [6, 6.07) is 8.16. The zero-order valence-corrected chi connectivity index (χ0v) is 16.7. The Bertz CT molecular complexity index is 637. The predicted molar refractivity (Wildman–Crippen MR) is 107 cm³/mol. The van der Waals surface area contributed by atoms with Crippen molar-refractivity contribution in [3.63, 3.8) is 0 Å². The van der Waals surface area contributed by atoms with Crippen LogP contribution >= 0.6 is 0 Å². The minimum absolute atomic E-state index is 0.0975. The summed E-state index contributed by atoms with van der Waals surface area (Å²) < 4.78 is 0. The van der Waals surface area contributed by atoms with E-state index in [2.05, 4.69) is 15.1 Å². The molecule has 2 saturated heterocycles. The number of hydrogen-bond donors (Lipinski definition) is 1. The van der Waals surface area contributed by atoms with E-state index in [0.717, 1.165) is 44.6 Å². The summed E-state index contributed by atoms with van der Waals surface area (Å²) >= 11 is 0. The second-order valence-corrected chi connectivity index (χ2v) is 8.11. The van der Waals surface area contributed by atoms with Crippen molar-refractivity contribution in [1.29, 1.82) is 0 Å². The van der Waals surface area contributed by atoms with E-state index in [1.165, 1.54) is 31.7 Å². The molecular weight excluding hydrogens is 338 g/mol. The van der Waals surface area contributed by atoms with E-state index in [4.69, 9.17) is 0 Å². The minimum Gasteiger partial charge on any atom is -0.349 e. The predicted octanol–water partition coefficient (Wildman–Crippen LogP) is 3.04. The smallest absolute Gasteiger partial charge is 0.225 e. The van der Waals surface area contributed by atoms with Crippen LogP contribution in [0.15, 0.2) is 24.3 Å². The molecule has 1 N–H and O–H groups in total. The molecule has 0 aromatic heterocycles. The van der Waals surface area contributed by atoms with Gasteiger partial charge in [0.05, 0.1) is 12.5 Å². The molecule has 0 saturated carbocycles. The first kappa shape index (κ1) is 19.9. The molecule has 0 bridgehead atoms. The van der Waals surface area contributed by atoms with Gasteiger partial charge < -0.3 is 15.1 Å². The lowest BCUT2D eigenvalue weighted by Gasteiger charge is -2.33. The molecule has 2 unspecified atom stereocenters. The van der Waals surface area contributed by atoms with Crippen LogP contribution in [0.1, 0.15) is 62.6 Å². The van der Waals surface area contributed by atoms with Crippen LogP contribution in [0.3, 0.4) is 0 Å². The maximum absolute atomic E-state index is 13.1. The molecule has 1 aromatic carbocycles. The number of rotatable bonds is 6. The third-order valence-corrected chi connectivity index (χ3v) is 5.85. The summed E-state index contributed by atoms with van der Waals surface area (Å²) in [5, 5.41) is 2.97. The molecule has 2 aliphatic heterocycles. The van der Waals surface area contributed by atoms with Gasteiger partial charge in [-0.05, 0) is 51.3 Å². The highest BCUT2D eigenvalue weighted by atomic mass is 16.2. The van der Waals surface area contributed by atoms with E-state index < -0.39 is 0 Å². The topological polar surface area (TPSA) is 52.7 Å². The van der Waals surface area contributed by atoms with Crippen molar-refractivity contribution in [3.05, 3.63) is 35.4 Å². The maximum atomic E-state index is 13.1. The summed E-state index contributed by atoms with van der Waals surface area (Å²) in [7, 11) is 0. The summed E-state index contributed by atoms with van der Waals surface area (Å²) in [4.78, 5) is 29.4. The largest absolute Gasteiger partial charge is 0.349 e. The number of nitrogens with one attached hydrogen (secondary N) is 1. The Morgan fingerprint density at radius 3 is 2.44 bits per heavy atom. The van der Waals surface area contributed by atoms with Crippen molar-refractivity contribution in [1.82, 2.24) is 15.1 Å². The fourth-order valence-electron chi connectivity index (χ4n) is 4.38. The summed E-state index contributed by atoms with van der Waals surface area (Å²) in [6.45, 7) is 7.73. The Kier molecular flexibility index (Phi) is 6.89. The Morgan fingerprint density at radius 1 is 1.07 bits per heavy atom. The zero-order chi connectivity index (χ0) is 19.2. The van der Waals surface area contributed by atoms with Crippen LogP contribution in [-0.2, 0) is 9.59 Å². The van der Waals surface area contributed by atoms with Gasteiger partial charge in [0.25, 0.3) is 0 Å². The standard InChI is InChI=1S/C22H33N3O2/c1-17-8-10-19(11-9-17)21(23-18(2)26)15-22(27)25-14-6-7-20(25)16-24-12-4-3-5-13-24/h8-11,20-21H,3-7,12-16H2,1-2H3,(H,23,26). The van der Waals surface area contributed by atoms with Gasteiger partial charge in [0.1, 0.15) is 0 Å². The second-order valence-electron chi connectivity index (χ2n) is 8.11. The lowest BCUT2D eigenvalue weighted by atomic mass is 10.0. The Morgan fingerprint density at radius 2 is 1.78 bits per heavy atom. The van der Waals surface area contributed by atoms with Crippen LogP contribution < -0.4 is 5.32 Å². The van der Waals surface area contributed by atoms with Gasteiger partial charge in [-0.15, -0.1) is 0 Å². The van der Waals surface area contributed by atoms with Crippen molar-refractivity contribution < 1.29 is 9.59 Å². The van der Waals surface area contributed by atoms with Gasteiger partial charge in [0.2, 0.25) is 11.8 Å². The molecule has 5 nitrogen and oxygen atoms in total. The molecule has 0 spiro atoms. The number of benzene rings is 1. The Labute approximate surface area is 163 Å². The molecule has 3 rings (SSSR count).